The monoisotopic (exact) mass is 263 g/mol. The number of carbonyl (C=O) groups excluding carboxylic acids is 3. The molecule has 19 heavy (non-hydrogen) atoms. The fourth-order valence-corrected chi connectivity index (χ4v) is 2.18. The van der Waals surface area contributed by atoms with Gasteiger partial charge in [-0.1, -0.05) is 6.07 Å². The molecule has 0 bridgehead atoms. The summed E-state index contributed by atoms with van der Waals surface area (Å²) in [6, 6.07) is 4.01. The highest BCUT2D eigenvalue weighted by atomic mass is 16.3. The van der Waals surface area contributed by atoms with Gasteiger partial charge in [-0.25, -0.2) is 0 Å². The molecular formula is C13H13NO5. The number of phenols is 2. The van der Waals surface area contributed by atoms with Crippen molar-refractivity contribution >= 4 is 17.6 Å². The van der Waals surface area contributed by atoms with E-state index < -0.39 is 23.5 Å². The number of hydrogen-bond acceptors (Lipinski definition) is 5. The zero-order valence-electron chi connectivity index (χ0n) is 10.0. The largest absolute Gasteiger partial charge is 0.507 e. The number of amides is 2. The summed E-state index contributed by atoms with van der Waals surface area (Å²) in [4.78, 5) is 34.4. The van der Waals surface area contributed by atoms with Crippen molar-refractivity contribution in [2.24, 2.45) is 5.92 Å². The lowest BCUT2D eigenvalue weighted by Gasteiger charge is -2.20. The molecule has 6 nitrogen and oxygen atoms in total. The average Bonchev–Trinajstić information content (AvgIpc) is 2.26. The van der Waals surface area contributed by atoms with Crippen LogP contribution < -0.4 is 5.32 Å². The van der Waals surface area contributed by atoms with E-state index in [1.807, 2.05) is 0 Å². The molecule has 1 aromatic rings. The number of rotatable bonds is 3. The lowest BCUT2D eigenvalue weighted by molar-refractivity contribution is -0.134. The van der Waals surface area contributed by atoms with E-state index in [1.54, 1.807) is 0 Å². The summed E-state index contributed by atoms with van der Waals surface area (Å²) in [6.07, 6.45) is 0.113. The second kappa shape index (κ2) is 5.09. The quantitative estimate of drug-likeness (QED) is 0.550. The van der Waals surface area contributed by atoms with Crippen molar-refractivity contribution in [2.45, 2.75) is 19.3 Å². The van der Waals surface area contributed by atoms with E-state index in [4.69, 9.17) is 0 Å². The van der Waals surface area contributed by atoms with Gasteiger partial charge in [-0.15, -0.1) is 0 Å². The molecule has 6 heteroatoms. The minimum Gasteiger partial charge on any atom is -0.507 e. The number of Topliss-reactive ketones (excluding diaryl/α,β-unsaturated/α-hetero) is 1. The third-order valence-corrected chi connectivity index (χ3v) is 3.00. The number of ketones is 1. The molecular weight excluding hydrogens is 250 g/mol. The molecule has 0 radical (unpaired) electrons. The Morgan fingerprint density at radius 3 is 2.21 bits per heavy atom. The first-order valence-electron chi connectivity index (χ1n) is 5.84. The van der Waals surface area contributed by atoms with Crippen LogP contribution in [-0.4, -0.2) is 27.8 Å². The van der Waals surface area contributed by atoms with Crippen LogP contribution in [0, 0.1) is 5.92 Å². The molecule has 0 spiro atoms. The molecule has 100 valence electrons. The molecule has 1 fully saturated rings. The van der Waals surface area contributed by atoms with Crippen molar-refractivity contribution < 1.29 is 24.6 Å². The molecule has 3 N–H and O–H groups in total. The fraction of sp³-hybridized carbons (Fsp3) is 0.308. The third kappa shape index (κ3) is 2.90. The molecule has 0 unspecified atom stereocenters. The van der Waals surface area contributed by atoms with Gasteiger partial charge in [-0.2, -0.15) is 0 Å². The molecule has 1 saturated heterocycles. The van der Waals surface area contributed by atoms with Crippen LogP contribution in [-0.2, 0) is 9.59 Å². The third-order valence-electron chi connectivity index (χ3n) is 3.00. The van der Waals surface area contributed by atoms with E-state index >= 15 is 0 Å². The van der Waals surface area contributed by atoms with Crippen molar-refractivity contribution in [3.63, 3.8) is 0 Å². The summed E-state index contributed by atoms with van der Waals surface area (Å²) in [5.41, 5.74) is -0.166. The Kier molecular flexibility index (Phi) is 3.50. The van der Waals surface area contributed by atoms with Crippen molar-refractivity contribution in [3.8, 4) is 11.5 Å². The Labute approximate surface area is 109 Å². The molecule has 0 saturated carbocycles. The van der Waals surface area contributed by atoms with Gasteiger partial charge in [0.15, 0.2) is 5.78 Å². The number of imide groups is 1. The van der Waals surface area contributed by atoms with E-state index in [-0.39, 0.29) is 36.3 Å². The van der Waals surface area contributed by atoms with Gasteiger partial charge in [0, 0.05) is 19.3 Å². The minimum atomic E-state index is -0.483. The molecule has 2 amide bonds. The van der Waals surface area contributed by atoms with Gasteiger partial charge in [-0.05, 0) is 18.1 Å². The lowest BCUT2D eigenvalue weighted by Crippen LogP contribution is -2.39. The molecule has 2 rings (SSSR count). The van der Waals surface area contributed by atoms with Crippen LogP contribution in [0.2, 0.25) is 0 Å². The number of benzene rings is 1. The van der Waals surface area contributed by atoms with E-state index in [9.17, 15) is 24.6 Å². The lowest BCUT2D eigenvalue weighted by atomic mass is 9.89. The molecule has 1 aliphatic rings. The number of carbonyl (C=O) groups is 3. The predicted octanol–water partition coefficient (Wildman–Crippen LogP) is 0.723. The van der Waals surface area contributed by atoms with Crippen LogP contribution in [0.3, 0.4) is 0 Å². The number of nitrogens with one attached hydrogen (secondary N) is 1. The summed E-state index contributed by atoms with van der Waals surface area (Å²) >= 11 is 0. The van der Waals surface area contributed by atoms with Gasteiger partial charge < -0.3 is 10.2 Å². The van der Waals surface area contributed by atoms with E-state index in [1.165, 1.54) is 18.2 Å². The first kappa shape index (κ1) is 13.1. The standard InChI is InChI=1S/C13H13NO5/c15-8-2-1-3-9(16)13(8)10(17)4-7-5-11(18)14-12(19)6-7/h1-3,7,15-16H,4-6H2,(H,14,18,19). The Bertz CT molecular complexity index is 516. The Hall–Kier alpha value is -2.37. The van der Waals surface area contributed by atoms with Gasteiger partial charge in [-0.3, -0.25) is 19.7 Å². The highest BCUT2D eigenvalue weighted by molar-refractivity contribution is 6.03. The van der Waals surface area contributed by atoms with Crippen LogP contribution in [0.1, 0.15) is 29.6 Å². The van der Waals surface area contributed by atoms with Crippen LogP contribution in [0.4, 0.5) is 0 Å². The molecule has 0 aromatic heterocycles. The summed E-state index contributed by atoms with van der Waals surface area (Å²) in [5, 5.41) is 21.3. The molecule has 1 heterocycles. The summed E-state index contributed by atoms with van der Waals surface area (Å²) < 4.78 is 0. The summed E-state index contributed by atoms with van der Waals surface area (Å²) in [7, 11) is 0. The molecule has 0 atom stereocenters. The van der Waals surface area contributed by atoms with Gasteiger partial charge in [0.25, 0.3) is 0 Å². The van der Waals surface area contributed by atoms with Crippen molar-refractivity contribution in [1.29, 1.82) is 0 Å². The van der Waals surface area contributed by atoms with E-state index in [0.717, 1.165) is 0 Å². The molecule has 1 aliphatic heterocycles. The first-order valence-corrected chi connectivity index (χ1v) is 5.84. The summed E-state index contributed by atoms with van der Waals surface area (Å²) in [5.74, 6) is -2.31. The van der Waals surface area contributed by atoms with Gasteiger partial charge >= 0.3 is 0 Å². The Morgan fingerprint density at radius 2 is 1.68 bits per heavy atom. The molecule has 1 aromatic carbocycles. The van der Waals surface area contributed by atoms with Gasteiger partial charge in [0.1, 0.15) is 17.1 Å². The van der Waals surface area contributed by atoms with Crippen molar-refractivity contribution in [2.75, 3.05) is 0 Å². The maximum Gasteiger partial charge on any atom is 0.226 e. The average molecular weight is 263 g/mol. The smallest absolute Gasteiger partial charge is 0.226 e. The second-order valence-corrected chi connectivity index (χ2v) is 4.54. The van der Waals surface area contributed by atoms with Crippen LogP contribution in [0.5, 0.6) is 11.5 Å². The maximum atomic E-state index is 12.0. The van der Waals surface area contributed by atoms with Gasteiger partial charge in [0.2, 0.25) is 11.8 Å². The number of phenolic OH excluding ortho intramolecular Hbond substituents is 2. The van der Waals surface area contributed by atoms with Crippen molar-refractivity contribution in [3.05, 3.63) is 23.8 Å². The number of aromatic hydroxyl groups is 2. The zero-order valence-corrected chi connectivity index (χ0v) is 10.0. The zero-order chi connectivity index (χ0) is 14.0. The van der Waals surface area contributed by atoms with E-state index in [2.05, 4.69) is 5.32 Å². The van der Waals surface area contributed by atoms with E-state index in [0.29, 0.717) is 0 Å². The van der Waals surface area contributed by atoms with Crippen LogP contribution >= 0.6 is 0 Å². The number of piperidine rings is 1. The minimum absolute atomic E-state index is 0.0652. The van der Waals surface area contributed by atoms with Gasteiger partial charge in [0.05, 0.1) is 0 Å². The highest BCUT2D eigenvalue weighted by Crippen LogP contribution is 2.30. The summed E-state index contributed by atoms with van der Waals surface area (Å²) in [6.45, 7) is 0. The van der Waals surface area contributed by atoms with Crippen LogP contribution in [0.25, 0.3) is 0 Å². The Morgan fingerprint density at radius 1 is 1.16 bits per heavy atom. The second-order valence-electron chi connectivity index (χ2n) is 4.54. The highest BCUT2D eigenvalue weighted by Gasteiger charge is 2.28. The van der Waals surface area contributed by atoms with Crippen LogP contribution in [0.15, 0.2) is 18.2 Å². The predicted molar refractivity (Wildman–Crippen MR) is 64.6 cm³/mol. The Balaban J connectivity index is 2.13. The first-order chi connectivity index (χ1) is 8.97. The fourth-order valence-electron chi connectivity index (χ4n) is 2.18. The normalized spacial score (nSPS) is 16.2. The van der Waals surface area contributed by atoms with Crippen molar-refractivity contribution in [1.82, 2.24) is 5.32 Å². The number of hydrogen-bond donors (Lipinski definition) is 3. The SMILES string of the molecule is O=C1CC(CC(=O)c2c(O)cccc2O)CC(=O)N1. The molecule has 0 aliphatic carbocycles. The maximum absolute atomic E-state index is 12.0. The topological polar surface area (TPSA) is 104 Å².